The first-order valence-electron chi connectivity index (χ1n) is 9.35. The molecule has 0 spiro atoms. The van der Waals surface area contributed by atoms with E-state index in [-0.39, 0.29) is 30.1 Å². The normalized spacial score (nSPS) is 11.8. The number of nitrogen functional groups attached to an aromatic ring is 1. The average Bonchev–Trinajstić information content (AvgIpc) is 2.68. The number of amides is 1. The summed E-state index contributed by atoms with van der Waals surface area (Å²) in [6.07, 6.45) is 0.418. The van der Waals surface area contributed by atoms with Crippen molar-refractivity contribution >= 4 is 29.1 Å². The lowest BCUT2D eigenvalue weighted by Crippen LogP contribution is -2.30. The van der Waals surface area contributed by atoms with E-state index in [1.54, 1.807) is 37.4 Å². The third kappa shape index (κ3) is 6.32. The molecule has 0 aliphatic heterocycles. The monoisotopic (exact) mass is 415 g/mol. The largest absolute Gasteiger partial charge is 0.489 e. The summed E-state index contributed by atoms with van der Waals surface area (Å²) >= 11 is 6.23. The van der Waals surface area contributed by atoms with Crippen LogP contribution in [0.15, 0.2) is 42.5 Å². The molecule has 0 aliphatic carbocycles. The minimum atomic E-state index is -0.527. The lowest BCUT2D eigenvalue weighted by Gasteiger charge is -2.16. The van der Waals surface area contributed by atoms with Crippen LogP contribution in [0.25, 0.3) is 0 Å². The van der Waals surface area contributed by atoms with Gasteiger partial charge in [0.05, 0.1) is 11.1 Å². The molecule has 0 unspecified atom stereocenters. The lowest BCUT2D eigenvalue weighted by molar-refractivity contribution is -0.124. The Morgan fingerprint density at radius 2 is 1.76 bits per heavy atom. The van der Waals surface area contributed by atoms with Gasteiger partial charge < -0.3 is 15.8 Å². The van der Waals surface area contributed by atoms with Gasteiger partial charge in [0.2, 0.25) is 5.91 Å². The van der Waals surface area contributed by atoms with E-state index in [4.69, 9.17) is 27.5 Å². The molecule has 0 saturated carbocycles. The molecule has 0 aromatic heterocycles. The van der Waals surface area contributed by atoms with Crippen LogP contribution in [0.2, 0.25) is 5.02 Å². The summed E-state index contributed by atoms with van der Waals surface area (Å²) in [7, 11) is 1.55. The number of ether oxygens (including phenoxy) is 1. The van der Waals surface area contributed by atoms with E-state index in [2.05, 4.69) is 5.32 Å². The first-order chi connectivity index (χ1) is 13.7. The molecule has 0 heterocycles. The number of amidine groups is 1. The van der Waals surface area contributed by atoms with Crippen LogP contribution in [0.4, 0.5) is 0 Å². The van der Waals surface area contributed by atoms with Gasteiger partial charge in [-0.15, -0.1) is 0 Å². The van der Waals surface area contributed by atoms with Crippen molar-refractivity contribution in [1.82, 2.24) is 5.32 Å². The van der Waals surface area contributed by atoms with Crippen molar-refractivity contribution in [3.63, 3.8) is 0 Å². The molecule has 154 valence electrons. The Hall–Kier alpha value is -2.86. The van der Waals surface area contributed by atoms with Crippen molar-refractivity contribution in [2.45, 2.75) is 32.8 Å². The summed E-state index contributed by atoms with van der Waals surface area (Å²) < 4.78 is 5.59. The maximum atomic E-state index is 12.8. The number of ketones is 1. The zero-order chi connectivity index (χ0) is 21.6. The number of carbonyl (C=O) groups is 2. The Bertz CT molecular complexity index is 895. The molecule has 29 heavy (non-hydrogen) atoms. The van der Waals surface area contributed by atoms with Gasteiger partial charge in [-0.2, -0.15) is 0 Å². The summed E-state index contributed by atoms with van der Waals surface area (Å²) in [4.78, 5) is 25.1. The number of rotatable bonds is 9. The third-order valence-corrected chi connectivity index (χ3v) is 4.71. The Kier molecular flexibility index (Phi) is 7.79. The van der Waals surface area contributed by atoms with Gasteiger partial charge in [-0.05, 0) is 44.0 Å². The first-order valence-corrected chi connectivity index (χ1v) is 9.73. The summed E-state index contributed by atoms with van der Waals surface area (Å²) in [6, 6.07) is 12.0. The van der Waals surface area contributed by atoms with Crippen LogP contribution in [-0.4, -0.2) is 30.7 Å². The van der Waals surface area contributed by atoms with Crippen LogP contribution >= 0.6 is 11.6 Å². The SMILES string of the molecule is CNC(=O)[C@@H](CC(=O)c1ccc(OC(C)C)c(Cl)c1)Cc1ccc(C(=N)N)cc1. The molecular formula is C22H26ClN3O3. The third-order valence-electron chi connectivity index (χ3n) is 4.41. The van der Waals surface area contributed by atoms with E-state index in [1.165, 1.54) is 0 Å². The van der Waals surface area contributed by atoms with E-state index in [9.17, 15) is 9.59 Å². The van der Waals surface area contributed by atoms with Crippen molar-refractivity contribution in [1.29, 1.82) is 5.41 Å². The van der Waals surface area contributed by atoms with Gasteiger partial charge in [-0.1, -0.05) is 35.9 Å². The van der Waals surface area contributed by atoms with E-state index in [0.29, 0.717) is 28.3 Å². The van der Waals surface area contributed by atoms with Gasteiger partial charge in [-0.3, -0.25) is 15.0 Å². The molecule has 6 nitrogen and oxygen atoms in total. The van der Waals surface area contributed by atoms with Crippen LogP contribution < -0.4 is 15.8 Å². The summed E-state index contributed by atoms with van der Waals surface area (Å²) in [5, 5.41) is 10.4. The molecule has 2 aromatic carbocycles. The van der Waals surface area contributed by atoms with Crippen LogP contribution in [-0.2, 0) is 11.2 Å². The van der Waals surface area contributed by atoms with Crippen LogP contribution in [0.3, 0.4) is 0 Å². The predicted molar refractivity (Wildman–Crippen MR) is 115 cm³/mol. The van der Waals surface area contributed by atoms with Crippen molar-refractivity contribution in [2.24, 2.45) is 11.7 Å². The molecule has 0 aliphatic rings. The van der Waals surface area contributed by atoms with Gasteiger partial charge in [0.25, 0.3) is 0 Å². The van der Waals surface area contributed by atoms with Crippen LogP contribution in [0, 0.1) is 11.3 Å². The summed E-state index contributed by atoms with van der Waals surface area (Å²) in [6.45, 7) is 3.79. The number of benzene rings is 2. The number of hydrogen-bond acceptors (Lipinski definition) is 4. The molecule has 1 atom stereocenters. The quantitative estimate of drug-likeness (QED) is 0.330. The second-order valence-corrected chi connectivity index (χ2v) is 7.47. The molecule has 2 aromatic rings. The Labute approximate surface area is 175 Å². The van der Waals surface area contributed by atoms with Crippen LogP contribution in [0.1, 0.15) is 41.8 Å². The van der Waals surface area contributed by atoms with Crippen molar-refractivity contribution < 1.29 is 14.3 Å². The zero-order valence-corrected chi connectivity index (χ0v) is 17.5. The summed E-state index contributed by atoms with van der Waals surface area (Å²) in [5.74, 6) is -0.402. The highest BCUT2D eigenvalue weighted by molar-refractivity contribution is 6.32. The first kappa shape index (κ1) is 22.4. The molecule has 2 rings (SSSR count). The second kappa shape index (κ2) is 10.1. The van der Waals surface area contributed by atoms with E-state index in [0.717, 1.165) is 5.56 Å². The molecule has 0 fully saturated rings. The standard InChI is InChI=1S/C22H26ClN3O3/c1-13(2)29-20-9-8-16(11-18(20)23)19(27)12-17(22(28)26-3)10-14-4-6-15(7-5-14)21(24)25/h4-9,11,13,17H,10,12H2,1-3H3,(H3,24,25)(H,26,28)/t17-/m1/s1. The fraction of sp³-hybridized carbons (Fsp3) is 0.318. The molecule has 7 heteroatoms. The molecule has 0 radical (unpaired) electrons. The zero-order valence-electron chi connectivity index (χ0n) is 16.8. The fourth-order valence-electron chi connectivity index (χ4n) is 2.93. The highest BCUT2D eigenvalue weighted by Gasteiger charge is 2.23. The minimum absolute atomic E-state index is 0.0173. The highest BCUT2D eigenvalue weighted by atomic mass is 35.5. The number of carbonyl (C=O) groups excluding carboxylic acids is 2. The van der Waals surface area contributed by atoms with Gasteiger partial charge in [0.15, 0.2) is 5.78 Å². The average molecular weight is 416 g/mol. The number of halogens is 1. The van der Waals surface area contributed by atoms with E-state index in [1.807, 2.05) is 26.0 Å². The van der Waals surface area contributed by atoms with E-state index >= 15 is 0 Å². The summed E-state index contributed by atoms with van der Waals surface area (Å²) in [5.41, 5.74) is 7.40. The smallest absolute Gasteiger partial charge is 0.223 e. The van der Waals surface area contributed by atoms with Crippen molar-refractivity contribution in [3.05, 3.63) is 64.2 Å². The maximum absolute atomic E-state index is 12.8. The molecular weight excluding hydrogens is 390 g/mol. The molecule has 4 N–H and O–H groups in total. The second-order valence-electron chi connectivity index (χ2n) is 7.07. The van der Waals surface area contributed by atoms with Crippen molar-refractivity contribution in [3.8, 4) is 5.75 Å². The number of hydrogen-bond donors (Lipinski definition) is 3. The predicted octanol–water partition coefficient (Wildman–Crippen LogP) is 3.59. The number of nitrogens with two attached hydrogens (primary N) is 1. The Morgan fingerprint density at radius 3 is 2.28 bits per heavy atom. The van der Waals surface area contributed by atoms with Crippen LogP contribution in [0.5, 0.6) is 5.75 Å². The lowest BCUT2D eigenvalue weighted by atomic mass is 9.91. The number of nitrogens with one attached hydrogen (secondary N) is 2. The van der Waals surface area contributed by atoms with E-state index < -0.39 is 5.92 Å². The van der Waals surface area contributed by atoms with Gasteiger partial charge >= 0.3 is 0 Å². The number of Topliss-reactive ketones (excluding diaryl/α,β-unsaturated/α-hetero) is 1. The van der Waals surface area contributed by atoms with Gasteiger partial charge in [-0.25, -0.2) is 0 Å². The van der Waals surface area contributed by atoms with Gasteiger partial charge in [0, 0.05) is 30.5 Å². The maximum Gasteiger partial charge on any atom is 0.223 e. The minimum Gasteiger partial charge on any atom is -0.489 e. The Balaban J connectivity index is 2.15. The molecule has 0 saturated heterocycles. The molecule has 0 bridgehead atoms. The van der Waals surface area contributed by atoms with Crippen molar-refractivity contribution in [2.75, 3.05) is 7.05 Å². The Morgan fingerprint density at radius 1 is 1.14 bits per heavy atom. The van der Waals surface area contributed by atoms with Gasteiger partial charge in [0.1, 0.15) is 11.6 Å². The molecule has 1 amide bonds. The highest BCUT2D eigenvalue weighted by Crippen LogP contribution is 2.27. The topological polar surface area (TPSA) is 105 Å². The fourth-order valence-corrected chi connectivity index (χ4v) is 3.16.